The van der Waals surface area contributed by atoms with Crippen LogP contribution in [0.5, 0.6) is 6.01 Å². The van der Waals surface area contributed by atoms with Gasteiger partial charge in [-0.2, -0.15) is 10.2 Å². The fraction of sp³-hybridized carbons (Fsp3) is 0.273. The number of nitrogens with zero attached hydrogens (tertiary/aromatic N) is 7. The Bertz CT molecular complexity index is 2280. The number of esters is 1. The van der Waals surface area contributed by atoms with E-state index in [0.717, 1.165) is 22.3 Å². The molecule has 3 aromatic heterocycles. The summed E-state index contributed by atoms with van der Waals surface area (Å²) in [6.45, 7) is 3.23. The van der Waals surface area contributed by atoms with Gasteiger partial charge in [-0.1, -0.05) is 48.5 Å². The number of hydrogen-bond acceptors (Lipinski definition) is 16. The lowest BCUT2D eigenvalue weighted by Crippen LogP contribution is -2.33. The van der Waals surface area contributed by atoms with Crippen molar-refractivity contribution in [2.45, 2.75) is 52.0 Å². The van der Waals surface area contributed by atoms with E-state index in [2.05, 4.69) is 35.3 Å². The zero-order valence-electron chi connectivity index (χ0n) is 28.1. The maximum absolute atomic E-state index is 13.2. The first-order chi connectivity index (χ1) is 25.6. The number of benzene rings is 3. The Morgan fingerprint density at radius 2 is 1.72 bits per heavy atom. The van der Waals surface area contributed by atoms with E-state index in [1.54, 1.807) is 12.1 Å². The predicted molar refractivity (Wildman–Crippen MR) is 179 cm³/mol. The minimum absolute atomic E-state index is 0.0905. The van der Waals surface area contributed by atoms with Gasteiger partial charge in [-0.05, 0) is 60.4 Å². The van der Waals surface area contributed by atoms with Crippen LogP contribution in [0.1, 0.15) is 47.7 Å². The fourth-order valence-electron chi connectivity index (χ4n) is 5.61. The lowest BCUT2D eigenvalue weighted by molar-refractivity contribution is -0.798. The smallest absolute Gasteiger partial charge is 0.465 e. The van der Waals surface area contributed by atoms with Gasteiger partial charge in [-0.25, -0.2) is 9.59 Å². The van der Waals surface area contributed by atoms with Crippen molar-refractivity contribution in [1.29, 1.82) is 0 Å². The summed E-state index contributed by atoms with van der Waals surface area (Å²) in [6, 6.07) is 20.8. The molecule has 0 unspecified atom stereocenters. The maximum atomic E-state index is 13.2. The van der Waals surface area contributed by atoms with E-state index in [1.165, 1.54) is 13.0 Å². The minimum atomic E-state index is -1.39. The molecule has 274 valence electrons. The Balaban J connectivity index is 1.18. The first kappa shape index (κ1) is 35.7. The van der Waals surface area contributed by atoms with Crippen molar-refractivity contribution in [1.82, 2.24) is 30.2 Å². The van der Waals surface area contributed by atoms with Crippen molar-refractivity contribution >= 4 is 17.0 Å². The van der Waals surface area contributed by atoms with Crippen LogP contribution in [0.25, 0.3) is 33.5 Å². The molecule has 0 aliphatic carbocycles. The minimum Gasteiger partial charge on any atom is -0.465 e. The molecule has 0 amide bonds. The Morgan fingerprint density at radius 3 is 2.42 bits per heavy atom. The van der Waals surface area contributed by atoms with Gasteiger partial charge < -0.3 is 28.0 Å². The largest absolute Gasteiger partial charge is 0.519 e. The second kappa shape index (κ2) is 15.8. The third-order valence-corrected chi connectivity index (χ3v) is 8.05. The van der Waals surface area contributed by atoms with E-state index in [1.807, 2.05) is 60.0 Å². The highest BCUT2D eigenvalue weighted by atomic mass is 17.0. The molecule has 53 heavy (non-hydrogen) atoms. The number of hydrogen-bond donors (Lipinski definition) is 1. The molecular weight excluding hydrogens is 700 g/mol. The van der Waals surface area contributed by atoms with Crippen molar-refractivity contribution < 1.29 is 43.0 Å². The van der Waals surface area contributed by atoms with Crippen LogP contribution in [-0.2, 0) is 34.0 Å². The normalized spacial score (nSPS) is 12.3. The number of carbonyl (C=O) groups is 1. The van der Waals surface area contributed by atoms with Crippen molar-refractivity contribution in [3.63, 3.8) is 0 Å². The summed E-state index contributed by atoms with van der Waals surface area (Å²) in [5, 5.41) is 33.8. The molecule has 6 rings (SSSR count). The van der Waals surface area contributed by atoms with Gasteiger partial charge in [-0.3, -0.25) is 4.57 Å². The highest BCUT2D eigenvalue weighted by Gasteiger charge is 2.27. The third-order valence-electron chi connectivity index (χ3n) is 8.05. The van der Waals surface area contributed by atoms with Gasteiger partial charge in [0.15, 0.2) is 18.1 Å². The first-order valence-electron chi connectivity index (χ1n) is 16.1. The zero-order chi connectivity index (χ0) is 37.5. The van der Waals surface area contributed by atoms with Gasteiger partial charge in [0.05, 0.1) is 29.7 Å². The van der Waals surface area contributed by atoms with E-state index in [-0.39, 0.29) is 29.9 Å². The molecule has 3 heterocycles. The molecule has 0 radical (unpaired) electrons. The molecule has 3 aromatic carbocycles. The van der Waals surface area contributed by atoms with E-state index < -0.39 is 40.8 Å². The average molecular weight is 731 g/mol. The number of carbonyl (C=O) groups excluding carboxylic acids is 1. The number of aromatic nitrogens is 6. The van der Waals surface area contributed by atoms with Crippen molar-refractivity contribution in [3.8, 4) is 28.5 Å². The van der Waals surface area contributed by atoms with Crippen LogP contribution < -0.4 is 10.6 Å². The number of tetrazole rings is 1. The lowest BCUT2D eigenvalue weighted by Gasteiger charge is -2.19. The molecule has 20 nitrogen and oxygen atoms in total. The van der Waals surface area contributed by atoms with Crippen LogP contribution in [0.15, 0.2) is 80.4 Å². The van der Waals surface area contributed by atoms with Crippen molar-refractivity contribution in [3.05, 3.63) is 120 Å². The molecule has 0 bridgehead atoms. The quantitative estimate of drug-likeness (QED) is 0.0777. The van der Waals surface area contributed by atoms with Gasteiger partial charge in [0.2, 0.25) is 5.82 Å². The van der Waals surface area contributed by atoms with Crippen molar-refractivity contribution in [2.24, 2.45) is 0 Å². The summed E-state index contributed by atoms with van der Waals surface area (Å²) in [4.78, 5) is 60.3. The SMILES string of the molecule is CCOc1nc2ccc(C(=O)OCc3oc(=O)oc3CC[C@@H](O[N+](=O)[O-])[C@@H](C)O[N+](=O)[O-])cc2n1Cc1ccc(-c2ccccc2-c2nn[nH]n2)cc1. The number of aryl methyl sites for hydroxylation is 1. The van der Waals surface area contributed by atoms with Crippen LogP contribution in [0.3, 0.4) is 0 Å². The zero-order valence-corrected chi connectivity index (χ0v) is 28.1. The highest BCUT2D eigenvalue weighted by molar-refractivity contribution is 5.94. The molecule has 0 saturated heterocycles. The van der Waals surface area contributed by atoms with E-state index in [4.69, 9.17) is 18.3 Å². The molecule has 0 spiro atoms. The van der Waals surface area contributed by atoms with Crippen LogP contribution >= 0.6 is 0 Å². The van der Waals surface area contributed by atoms with Gasteiger partial charge in [0.25, 0.3) is 16.2 Å². The van der Waals surface area contributed by atoms with Crippen LogP contribution in [0, 0.1) is 20.2 Å². The van der Waals surface area contributed by atoms with E-state index in [9.17, 15) is 29.8 Å². The topological polar surface area (TPSA) is 256 Å². The molecule has 0 fully saturated rings. The molecule has 2 atom stereocenters. The first-order valence-corrected chi connectivity index (χ1v) is 16.1. The lowest BCUT2D eigenvalue weighted by atomic mass is 9.98. The number of imidazole rings is 1. The number of fused-ring (bicyclic) bond motifs is 1. The monoisotopic (exact) mass is 730 g/mol. The molecule has 0 aliphatic heterocycles. The van der Waals surface area contributed by atoms with Gasteiger partial charge in [0, 0.05) is 12.0 Å². The molecular formula is C33H30N8O12. The summed E-state index contributed by atoms with van der Waals surface area (Å²) in [5.74, 6) is -1.64. The molecule has 1 N–H and O–H groups in total. The van der Waals surface area contributed by atoms with Crippen LogP contribution in [0.4, 0.5) is 0 Å². The van der Waals surface area contributed by atoms with E-state index in [0.29, 0.717) is 36.0 Å². The molecule has 0 saturated carbocycles. The number of H-pyrrole nitrogens is 1. The van der Waals surface area contributed by atoms with Crippen LogP contribution in [-0.4, -0.2) is 65.1 Å². The maximum Gasteiger partial charge on any atom is 0.519 e. The van der Waals surface area contributed by atoms with Gasteiger partial charge in [0.1, 0.15) is 12.2 Å². The second-order valence-corrected chi connectivity index (χ2v) is 11.4. The third kappa shape index (κ3) is 8.44. The Labute approximate surface area is 297 Å². The summed E-state index contributed by atoms with van der Waals surface area (Å²) in [5.41, 5.74) is 4.94. The Morgan fingerprint density at radius 1 is 0.981 bits per heavy atom. The number of aromatic amines is 1. The van der Waals surface area contributed by atoms with E-state index >= 15 is 0 Å². The van der Waals surface area contributed by atoms with Crippen molar-refractivity contribution in [2.75, 3.05) is 6.61 Å². The molecule has 20 heteroatoms. The predicted octanol–water partition coefficient (Wildman–Crippen LogP) is 4.34. The second-order valence-electron chi connectivity index (χ2n) is 11.4. The summed E-state index contributed by atoms with van der Waals surface area (Å²) in [6.07, 6.45) is -3.15. The van der Waals surface area contributed by atoms with Gasteiger partial charge >= 0.3 is 11.8 Å². The van der Waals surface area contributed by atoms with Gasteiger partial charge in [-0.15, -0.1) is 30.4 Å². The number of ether oxygens (including phenoxy) is 2. The summed E-state index contributed by atoms with van der Waals surface area (Å²) >= 11 is 0. The Hall–Kier alpha value is -7.12. The highest BCUT2D eigenvalue weighted by Crippen LogP contribution is 2.31. The summed E-state index contributed by atoms with van der Waals surface area (Å²) in [7, 11) is 0. The number of nitrogens with one attached hydrogen (secondary N) is 1. The Kier molecular flexibility index (Phi) is 10.7. The average Bonchev–Trinajstić information content (AvgIpc) is 3.88. The molecule has 6 aromatic rings. The standard InChI is InChI=1S/C33H30N8O12/c1-3-48-32-34-25-13-12-22(31(42)49-18-29-28(50-33(43)51-29)15-14-27(53-41(46)47)19(2)52-40(44)45)16-26(25)39(32)17-20-8-10-21(11-9-20)23-6-4-5-7-24(23)30-35-37-38-36-30/h4-13,16,19,27H,3,14-15,17-18H2,1-2H3,(H,35,36,37,38)/t19-,27-/m1/s1. The molecule has 0 aliphatic rings. The summed E-state index contributed by atoms with van der Waals surface area (Å²) < 4.78 is 23.2. The number of rotatable bonds is 17. The fourth-order valence-corrected chi connectivity index (χ4v) is 5.61. The van der Waals surface area contributed by atoms with Crippen LogP contribution in [0.2, 0.25) is 0 Å².